The van der Waals surface area contributed by atoms with Crippen LogP contribution in [-0.2, 0) is 26.5 Å². The van der Waals surface area contributed by atoms with Crippen LogP contribution in [0.4, 0.5) is 11.4 Å². The molecule has 0 aliphatic rings. The number of benzene rings is 2. The van der Waals surface area contributed by atoms with Gasteiger partial charge in [0.25, 0.3) is 5.91 Å². The second-order valence-corrected chi connectivity index (χ2v) is 11.2. The maximum Gasteiger partial charge on any atom is 0.278 e. The number of anilines is 2. The van der Waals surface area contributed by atoms with Crippen LogP contribution in [0, 0.1) is 20.8 Å². The Bertz CT molecular complexity index is 1550. The number of carbonyl (C=O) groups excluding carboxylic acids is 2. The molecule has 3 rings (SSSR count). The Kier molecular flexibility index (Phi) is 8.48. The van der Waals surface area contributed by atoms with E-state index < -0.39 is 32.7 Å². The number of rotatable bonds is 8. The van der Waals surface area contributed by atoms with Gasteiger partial charge in [0.1, 0.15) is 11.0 Å². The molecule has 0 aliphatic heterocycles. The summed E-state index contributed by atoms with van der Waals surface area (Å²) in [6.45, 7) is 6.66. The lowest BCUT2D eigenvalue weighted by Crippen LogP contribution is -2.34. The Labute approximate surface area is 225 Å². The number of nitrogens with one attached hydrogen (secondary N) is 2. The van der Waals surface area contributed by atoms with Crippen molar-refractivity contribution >= 4 is 50.3 Å². The molecule has 1 aromatic heterocycles. The maximum absolute atomic E-state index is 13.1. The molecular formula is C25H28ClN5O6S. The summed E-state index contributed by atoms with van der Waals surface area (Å²) in [5.74, 6) is -2.14. The summed E-state index contributed by atoms with van der Waals surface area (Å²) < 4.78 is 27.7. The number of aryl methyl sites for hydroxylation is 3. The molecule has 0 spiro atoms. The van der Waals surface area contributed by atoms with Crippen LogP contribution in [0.25, 0.3) is 0 Å². The zero-order chi connectivity index (χ0) is 28.4. The minimum Gasteiger partial charge on any atom is -0.506 e. The number of hydrogen-bond acceptors (Lipinski definition) is 8. The van der Waals surface area contributed by atoms with Gasteiger partial charge in [-0.3, -0.25) is 14.3 Å². The molecule has 0 aliphatic carbocycles. The number of aromatic nitrogens is 2. The zero-order valence-corrected chi connectivity index (χ0v) is 23.0. The molecular weight excluding hydrogens is 534 g/mol. The number of oxime groups is 1. The van der Waals surface area contributed by atoms with Crippen LogP contribution < -0.4 is 10.6 Å². The number of amides is 2. The highest BCUT2D eigenvalue weighted by Gasteiger charge is 2.33. The molecule has 2 aromatic carbocycles. The van der Waals surface area contributed by atoms with Gasteiger partial charge in [-0.2, -0.15) is 5.10 Å². The maximum atomic E-state index is 13.1. The van der Waals surface area contributed by atoms with Gasteiger partial charge in [0.2, 0.25) is 5.91 Å². The summed E-state index contributed by atoms with van der Waals surface area (Å²) in [5.41, 5.74) is 1.58. The quantitative estimate of drug-likeness (QED) is 0.141. The van der Waals surface area contributed by atoms with Gasteiger partial charge in [0.05, 0.1) is 32.6 Å². The molecule has 3 aromatic rings. The molecule has 1 unspecified atom stereocenters. The third kappa shape index (κ3) is 5.65. The number of carbonyl (C=O) groups is 2. The largest absolute Gasteiger partial charge is 0.506 e. The van der Waals surface area contributed by atoms with Gasteiger partial charge >= 0.3 is 0 Å². The molecule has 1 heterocycles. The third-order valence-corrected chi connectivity index (χ3v) is 8.53. The first-order valence-electron chi connectivity index (χ1n) is 11.5. The summed E-state index contributed by atoms with van der Waals surface area (Å²) in [4.78, 5) is 25.8. The summed E-state index contributed by atoms with van der Waals surface area (Å²) in [6, 6.07) is 8.51. The smallest absolute Gasteiger partial charge is 0.278 e. The molecule has 38 heavy (non-hydrogen) atoms. The van der Waals surface area contributed by atoms with Crippen molar-refractivity contribution in [3.05, 3.63) is 63.9 Å². The topological polar surface area (TPSA) is 163 Å². The van der Waals surface area contributed by atoms with Crippen molar-refractivity contribution in [3.63, 3.8) is 0 Å². The number of halogens is 1. The lowest BCUT2D eigenvalue weighted by molar-refractivity contribution is -0.116. The van der Waals surface area contributed by atoms with E-state index in [1.165, 1.54) is 22.9 Å². The molecule has 13 heteroatoms. The number of phenols is 1. The Hall–Kier alpha value is -3.90. The van der Waals surface area contributed by atoms with Crippen LogP contribution in [0.3, 0.4) is 0 Å². The average molecular weight is 562 g/mol. The molecule has 0 saturated heterocycles. The van der Waals surface area contributed by atoms with E-state index in [1.54, 1.807) is 46.9 Å². The van der Waals surface area contributed by atoms with Gasteiger partial charge in [-0.15, -0.1) is 0 Å². The first-order valence-corrected chi connectivity index (χ1v) is 13.4. The van der Waals surface area contributed by atoms with E-state index in [-0.39, 0.29) is 33.4 Å². The fourth-order valence-corrected chi connectivity index (χ4v) is 5.92. The Morgan fingerprint density at radius 1 is 1.13 bits per heavy atom. The minimum atomic E-state index is -4.00. The van der Waals surface area contributed by atoms with Gasteiger partial charge in [-0.25, -0.2) is 8.42 Å². The summed E-state index contributed by atoms with van der Waals surface area (Å²) >= 11 is 6.29. The first kappa shape index (κ1) is 28.7. The van der Waals surface area contributed by atoms with Crippen LogP contribution in [0.5, 0.6) is 5.75 Å². The summed E-state index contributed by atoms with van der Waals surface area (Å²) in [5, 5.41) is 30.7. The normalized spacial score (nSPS) is 12.7. The number of phenolic OH excluding ortho intramolecular Hbond substituents is 1. The Morgan fingerprint density at radius 3 is 2.37 bits per heavy atom. The summed E-state index contributed by atoms with van der Waals surface area (Å²) in [6.07, 6.45) is -0.00367. The molecule has 0 saturated carbocycles. The molecule has 0 fully saturated rings. The van der Waals surface area contributed by atoms with Crippen molar-refractivity contribution in [2.75, 3.05) is 10.6 Å². The number of hydrogen-bond donors (Lipinski definition) is 4. The van der Waals surface area contributed by atoms with Crippen LogP contribution in [0.15, 0.2) is 46.4 Å². The predicted octanol–water partition coefficient (Wildman–Crippen LogP) is 3.71. The Morgan fingerprint density at radius 2 is 1.82 bits per heavy atom. The van der Waals surface area contributed by atoms with E-state index in [1.807, 2.05) is 0 Å². The van der Waals surface area contributed by atoms with E-state index >= 15 is 0 Å². The minimum absolute atomic E-state index is 0.00367. The SMILES string of the molecule is CCC(C(=O)Nc1cc(O)c(NC(=O)C(=NO)c2c(C)nn(C)c2C)cc1Cl)S(=O)(=O)c1cccc(C)c1. The van der Waals surface area contributed by atoms with Gasteiger partial charge in [0, 0.05) is 18.8 Å². The van der Waals surface area contributed by atoms with Crippen molar-refractivity contribution in [1.82, 2.24) is 9.78 Å². The van der Waals surface area contributed by atoms with Gasteiger partial charge in [0.15, 0.2) is 15.5 Å². The van der Waals surface area contributed by atoms with Crippen molar-refractivity contribution < 1.29 is 28.3 Å². The lowest BCUT2D eigenvalue weighted by Gasteiger charge is -2.18. The number of nitrogens with zero attached hydrogens (tertiary/aromatic N) is 3. The van der Waals surface area contributed by atoms with Crippen molar-refractivity contribution in [3.8, 4) is 5.75 Å². The van der Waals surface area contributed by atoms with E-state index in [9.17, 15) is 28.3 Å². The molecule has 4 N–H and O–H groups in total. The Balaban J connectivity index is 1.84. The average Bonchev–Trinajstić information content (AvgIpc) is 3.09. The fraction of sp³-hybridized carbons (Fsp3) is 0.280. The lowest BCUT2D eigenvalue weighted by atomic mass is 10.1. The highest BCUT2D eigenvalue weighted by atomic mass is 35.5. The summed E-state index contributed by atoms with van der Waals surface area (Å²) in [7, 11) is -2.33. The van der Waals surface area contributed by atoms with Crippen molar-refractivity contribution in [2.24, 2.45) is 12.2 Å². The number of aromatic hydroxyl groups is 1. The van der Waals surface area contributed by atoms with E-state index in [0.29, 0.717) is 17.0 Å². The molecule has 11 nitrogen and oxygen atoms in total. The van der Waals surface area contributed by atoms with E-state index in [0.717, 1.165) is 11.6 Å². The van der Waals surface area contributed by atoms with Gasteiger partial charge in [-0.1, -0.05) is 35.8 Å². The van der Waals surface area contributed by atoms with Gasteiger partial charge in [-0.05, 0) is 51.0 Å². The van der Waals surface area contributed by atoms with E-state index in [2.05, 4.69) is 20.9 Å². The third-order valence-electron chi connectivity index (χ3n) is 6.01. The second-order valence-electron chi connectivity index (χ2n) is 8.67. The molecule has 2 amide bonds. The van der Waals surface area contributed by atoms with E-state index in [4.69, 9.17) is 11.6 Å². The highest BCUT2D eigenvalue weighted by molar-refractivity contribution is 7.92. The number of sulfone groups is 1. The zero-order valence-electron chi connectivity index (χ0n) is 21.4. The monoisotopic (exact) mass is 561 g/mol. The van der Waals surface area contributed by atoms with Crippen LogP contribution in [0.1, 0.15) is 35.9 Å². The highest BCUT2D eigenvalue weighted by Crippen LogP contribution is 2.34. The van der Waals surface area contributed by atoms with Crippen molar-refractivity contribution in [1.29, 1.82) is 0 Å². The molecule has 202 valence electrons. The molecule has 1 atom stereocenters. The second kappa shape index (κ2) is 11.2. The van der Waals surface area contributed by atoms with Gasteiger partial charge < -0.3 is 20.9 Å². The van der Waals surface area contributed by atoms with Crippen LogP contribution >= 0.6 is 11.6 Å². The fourth-order valence-electron chi connectivity index (χ4n) is 3.98. The standard InChI is InChI=1S/C25H28ClN5O6S/c1-6-21(38(36,37)16-9-7-8-13(2)10-16)24(33)27-18-12-20(32)19(11-17(18)26)28-25(34)23(30-35)22-14(3)29-31(5)15(22)4/h7-12,21,32,35H,6H2,1-5H3,(H,27,33)(H,28,34). The first-order chi connectivity index (χ1) is 17.8. The van der Waals surface area contributed by atoms with Crippen molar-refractivity contribution in [2.45, 2.75) is 44.3 Å². The van der Waals surface area contributed by atoms with Crippen LogP contribution in [-0.4, -0.2) is 51.3 Å². The molecule has 0 bridgehead atoms. The predicted molar refractivity (Wildman–Crippen MR) is 144 cm³/mol. The van der Waals surface area contributed by atoms with Crippen LogP contribution in [0.2, 0.25) is 5.02 Å². The molecule has 0 radical (unpaired) electrons.